The number of thioether (sulfide) groups is 1. The van der Waals surface area contributed by atoms with Crippen molar-refractivity contribution in [2.75, 3.05) is 32.3 Å². The Balaban J connectivity index is 1.63. The number of carbonyl (C=O) groups excluding carboxylic acids is 2. The molecular weight excluding hydrogens is 416 g/mol. The fourth-order valence-electron chi connectivity index (χ4n) is 2.94. The lowest BCUT2D eigenvalue weighted by Crippen LogP contribution is -2.26. The lowest BCUT2D eigenvalue weighted by Gasteiger charge is -2.17. The third kappa shape index (κ3) is 5.82. The number of ether oxygens (including phenoxy) is 2. The number of nitrogens with one attached hydrogen (secondary N) is 1. The monoisotopic (exact) mass is 440 g/mol. The first-order valence-corrected chi connectivity index (χ1v) is 10.5. The molecule has 0 atom stereocenters. The number of nitrogens with zero attached hydrogens (tertiary/aromatic N) is 1. The van der Waals surface area contributed by atoms with Gasteiger partial charge in [0.25, 0.3) is 5.91 Å². The standard InChI is InChI=1S/C23H24N2O5S/c1-25(14-17-7-6-12-30-17)23(27)18-8-4-5-9-21(18)31-15-22(26)24-16-10-11-19(28-2)20(13-16)29-3/h4-13H,14-15H2,1-3H3,(H,24,26). The van der Waals surface area contributed by atoms with Crippen LogP contribution in [0.1, 0.15) is 16.1 Å². The van der Waals surface area contributed by atoms with Crippen molar-refractivity contribution in [2.45, 2.75) is 11.4 Å². The Labute approximate surface area is 185 Å². The molecule has 1 aromatic heterocycles. The van der Waals surface area contributed by atoms with E-state index < -0.39 is 0 Å². The van der Waals surface area contributed by atoms with Gasteiger partial charge in [0.2, 0.25) is 5.91 Å². The highest BCUT2D eigenvalue weighted by Gasteiger charge is 2.18. The summed E-state index contributed by atoms with van der Waals surface area (Å²) in [5.41, 5.74) is 1.14. The van der Waals surface area contributed by atoms with Gasteiger partial charge in [-0.05, 0) is 36.4 Å². The van der Waals surface area contributed by atoms with E-state index in [-0.39, 0.29) is 17.6 Å². The van der Waals surface area contributed by atoms with E-state index in [4.69, 9.17) is 13.9 Å². The van der Waals surface area contributed by atoms with E-state index in [0.29, 0.717) is 35.1 Å². The Morgan fingerprint density at radius 3 is 2.52 bits per heavy atom. The third-order valence-corrected chi connectivity index (χ3v) is 5.54. The zero-order valence-corrected chi connectivity index (χ0v) is 18.4. The maximum atomic E-state index is 12.9. The van der Waals surface area contributed by atoms with Crippen LogP contribution in [0.15, 0.2) is 70.2 Å². The molecule has 3 aromatic rings. The van der Waals surface area contributed by atoms with Gasteiger partial charge in [0.15, 0.2) is 11.5 Å². The molecule has 0 radical (unpaired) electrons. The van der Waals surface area contributed by atoms with Crippen LogP contribution in [0.2, 0.25) is 0 Å². The molecule has 2 amide bonds. The molecule has 2 aromatic carbocycles. The number of benzene rings is 2. The summed E-state index contributed by atoms with van der Waals surface area (Å²) in [4.78, 5) is 27.7. The van der Waals surface area contributed by atoms with Crippen molar-refractivity contribution in [2.24, 2.45) is 0 Å². The van der Waals surface area contributed by atoms with Gasteiger partial charge in [-0.25, -0.2) is 0 Å². The molecule has 0 unspecified atom stereocenters. The highest BCUT2D eigenvalue weighted by atomic mass is 32.2. The minimum absolute atomic E-state index is 0.139. The molecule has 0 aliphatic carbocycles. The quantitative estimate of drug-likeness (QED) is 0.500. The van der Waals surface area contributed by atoms with E-state index in [0.717, 1.165) is 4.90 Å². The summed E-state index contributed by atoms with van der Waals surface area (Å²) >= 11 is 1.31. The van der Waals surface area contributed by atoms with Crippen LogP contribution in [0.3, 0.4) is 0 Å². The molecule has 31 heavy (non-hydrogen) atoms. The first-order valence-electron chi connectivity index (χ1n) is 9.53. The van der Waals surface area contributed by atoms with Gasteiger partial charge >= 0.3 is 0 Å². The largest absolute Gasteiger partial charge is 0.493 e. The predicted molar refractivity (Wildman–Crippen MR) is 120 cm³/mol. The Kier molecular flexibility index (Phi) is 7.61. The molecule has 0 aliphatic heterocycles. The molecule has 1 N–H and O–H groups in total. The molecule has 162 valence electrons. The SMILES string of the molecule is COc1ccc(NC(=O)CSc2ccccc2C(=O)N(C)Cc2ccco2)cc1OC. The van der Waals surface area contributed by atoms with Gasteiger partial charge in [0.05, 0.1) is 38.3 Å². The zero-order valence-electron chi connectivity index (χ0n) is 17.6. The Hall–Kier alpha value is -3.39. The number of hydrogen-bond acceptors (Lipinski definition) is 6. The number of rotatable bonds is 9. The number of amides is 2. The fraction of sp³-hybridized carbons (Fsp3) is 0.217. The van der Waals surface area contributed by atoms with E-state index in [9.17, 15) is 9.59 Å². The highest BCUT2D eigenvalue weighted by molar-refractivity contribution is 8.00. The van der Waals surface area contributed by atoms with E-state index in [1.165, 1.54) is 18.9 Å². The second kappa shape index (κ2) is 10.6. The first-order chi connectivity index (χ1) is 15.0. The molecule has 7 nitrogen and oxygen atoms in total. The second-order valence-corrected chi connectivity index (χ2v) is 7.66. The van der Waals surface area contributed by atoms with Crippen molar-refractivity contribution in [3.05, 3.63) is 72.2 Å². The van der Waals surface area contributed by atoms with Gasteiger partial charge < -0.3 is 24.1 Å². The third-order valence-electron chi connectivity index (χ3n) is 4.46. The summed E-state index contributed by atoms with van der Waals surface area (Å²) in [7, 11) is 4.81. The van der Waals surface area contributed by atoms with Crippen LogP contribution in [-0.4, -0.2) is 43.7 Å². The minimum atomic E-state index is -0.191. The van der Waals surface area contributed by atoms with Gasteiger partial charge in [-0.15, -0.1) is 11.8 Å². The van der Waals surface area contributed by atoms with E-state index in [1.807, 2.05) is 24.3 Å². The minimum Gasteiger partial charge on any atom is -0.493 e. The number of anilines is 1. The van der Waals surface area contributed by atoms with Gasteiger partial charge in [-0.1, -0.05) is 12.1 Å². The fourth-order valence-corrected chi connectivity index (χ4v) is 3.78. The summed E-state index contributed by atoms with van der Waals surface area (Å²) in [5.74, 6) is 1.64. The van der Waals surface area contributed by atoms with Gasteiger partial charge in [0.1, 0.15) is 5.76 Å². The second-order valence-electron chi connectivity index (χ2n) is 6.64. The van der Waals surface area contributed by atoms with Crippen LogP contribution in [0.25, 0.3) is 0 Å². The van der Waals surface area contributed by atoms with Crippen molar-refractivity contribution in [1.82, 2.24) is 4.90 Å². The molecule has 3 rings (SSSR count). The molecule has 0 aliphatic rings. The molecule has 0 spiro atoms. The molecule has 0 bridgehead atoms. The Bertz CT molecular complexity index is 1040. The normalized spacial score (nSPS) is 10.4. The van der Waals surface area contributed by atoms with Gasteiger partial charge in [-0.2, -0.15) is 0 Å². The lowest BCUT2D eigenvalue weighted by atomic mass is 10.2. The molecule has 8 heteroatoms. The van der Waals surface area contributed by atoms with Gasteiger partial charge in [0, 0.05) is 23.7 Å². The Morgan fingerprint density at radius 1 is 1.03 bits per heavy atom. The number of furan rings is 1. The maximum Gasteiger partial charge on any atom is 0.255 e. The van der Waals surface area contributed by atoms with Crippen molar-refractivity contribution in [3.63, 3.8) is 0 Å². The molecule has 0 saturated heterocycles. The van der Waals surface area contributed by atoms with Crippen molar-refractivity contribution < 1.29 is 23.5 Å². The molecule has 0 fully saturated rings. The van der Waals surface area contributed by atoms with Crippen LogP contribution in [0.5, 0.6) is 11.5 Å². The molecular formula is C23H24N2O5S. The van der Waals surface area contributed by atoms with Crippen LogP contribution in [-0.2, 0) is 11.3 Å². The Morgan fingerprint density at radius 2 is 1.81 bits per heavy atom. The highest BCUT2D eigenvalue weighted by Crippen LogP contribution is 2.30. The van der Waals surface area contributed by atoms with E-state index in [1.54, 1.807) is 55.7 Å². The topological polar surface area (TPSA) is 81.0 Å². The summed E-state index contributed by atoms with van der Waals surface area (Å²) in [6, 6.07) is 16.0. The lowest BCUT2D eigenvalue weighted by molar-refractivity contribution is -0.113. The first kappa shape index (κ1) is 22.3. The number of hydrogen-bond donors (Lipinski definition) is 1. The van der Waals surface area contributed by atoms with Crippen LogP contribution in [0.4, 0.5) is 5.69 Å². The summed E-state index contributed by atoms with van der Waals surface area (Å²) in [6.07, 6.45) is 1.58. The smallest absolute Gasteiger partial charge is 0.255 e. The van der Waals surface area contributed by atoms with E-state index in [2.05, 4.69) is 5.32 Å². The number of carbonyl (C=O) groups is 2. The van der Waals surface area contributed by atoms with Crippen molar-refractivity contribution >= 4 is 29.3 Å². The average molecular weight is 441 g/mol. The zero-order chi connectivity index (χ0) is 22.2. The molecule has 0 saturated carbocycles. The van der Waals surface area contributed by atoms with Gasteiger partial charge in [-0.3, -0.25) is 9.59 Å². The van der Waals surface area contributed by atoms with Crippen LogP contribution >= 0.6 is 11.8 Å². The van der Waals surface area contributed by atoms with Crippen molar-refractivity contribution in [1.29, 1.82) is 0 Å². The summed E-state index contributed by atoms with van der Waals surface area (Å²) in [5, 5.41) is 2.84. The molecule has 1 heterocycles. The van der Waals surface area contributed by atoms with E-state index >= 15 is 0 Å². The maximum absolute atomic E-state index is 12.9. The average Bonchev–Trinajstić information content (AvgIpc) is 3.30. The van der Waals surface area contributed by atoms with Crippen LogP contribution < -0.4 is 14.8 Å². The number of methoxy groups -OCH3 is 2. The summed E-state index contributed by atoms with van der Waals surface area (Å²) < 4.78 is 15.8. The van der Waals surface area contributed by atoms with Crippen LogP contribution in [0, 0.1) is 0 Å². The predicted octanol–water partition coefficient (Wildman–Crippen LogP) is 4.30. The van der Waals surface area contributed by atoms with Crippen molar-refractivity contribution in [3.8, 4) is 11.5 Å². The summed E-state index contributed by atoms with van der Waals surface area (Å²) in [6.45, 7) is 0.366.